The highest BCUT2D eigenvalue weighted by atomic mass is 16.1. The number of nitrogens with one attached hydrogen (secondary N) is 1. The number of carbonyl (C=O) groups is 1. The maximum atomic E-state index is 12.8. The second-order valence-electron chi connectivity index (χ2n) is 7.42. The number of pyridine rings is 1. The van der Waals surface area contributed by atoms with E-state index in [1.807, 2.05) is 43.9 Å². The van der Waals surface area contributed by atoms with E-state index >= 15 is 0 Å². The molecule has 5 nitrogen and oxygen atoms in total. The third-order valence-corrected chi connectivity index (χ3v) is 5.33. The van der Waals surface area contributed by atoms with Gasteiger partial charge in [-0.3, -0.25) is 14.5 Å². The summed E-state index contributed by atoms with van der Waals surface area (Å²) in [4.78, 5) is 17.1. The van der Waals surface area contributed by atoms with Crippen LogP contribution in [0.2, 0.25) is 0 Å². The molecule has 28 heavy (non-hydrogen) atoms. The summed E-state index contributed by atoms with van der Waals surface area (Å²) in [5, 5.41) is 7.67. The highest BCUT2D eigenvalue weighted by Crippen LogP contribution is 2.26. The van der Waals surface area contributed by atoms with Gasteiger partial charge in [0, 0.05) is 31.6 Å². The van der Waals surface area contributed by atoms with Gasteiger partial charge in [-0.2, -0.15) is 5.10 Å². The monoisotopic (exact) mass is 376 g/mol. The number of amides is 1. The molecule has 0 saturated carbocycles. The minimum absolute atomic E-state index is 0.0254. The van der Waals surface area contributed by atoms with Crippen LogP contribution < -0.4 is 5.32 Å². The standard InChI is InChI=1S/C23H28N4O/c1-15-8-9-16(2)21(13-15)23(19-7-6-12-24-14-19)25-22(28)11-10-20-17(3)26-27(5)18(20)4/h6-9,12-14,23H,10-11H2,1-5H3,(H,25,28). The van der Waals surface area contributed by atoms with E-state index in [2.05, 4.69) is 47.4 Å². The second kappa shape index (κ2) is 8.38. The molecule has 1 atom stereocenters. The lowest BCUT2D eigenvalue weighted by molar-refractivity contribution is -0.121. The number of aryl methyl sites for hydroxylation is 4. The Kier molecular flexibility index (Phi) is 5.93. The number of aromatic nitrogens is 3. The van der Waals surface area contributed by atoms with Crippen LogP contribution in [0.5, 0.6) is 0 Å². The van der Waals surface area contributed by atoms with Crippen LogP contribution in [0.4, 0.5) is 0 Å². The first-order valence-corrected chi connectivity index (χ1v) is 9.62. The molecule has 0 radical (unpaired) electrons. The van der Waals surface area contributed by atoms with Crippen LogP contribution in [-0.2, 0) is 18.3 Å². The van der Waals surface area contributed by atoms with E-state index in [4.69, 9.17) is 0 Å². The highest BCUT2D eigenvalue weighted by Gasteiger charge is 2.20. The van der Waals surface area contributed by atoms with Crippen molar-refractivity contribution < 1.29 is 4.79 Å². The number of nitrogens with zero attached hydrogens (tertiary/aromatic N) is 3. The zero-order chi connectivity index (χ0) is 20.3. The lowest BCUT2D eigenvalue weighted by Crippen LogP contribution is -2.30. The Morgan fingerprint density at radius 2 is 1.96 bits per heavy atom. The van der Waals surface area contributed by atoms with Crippen molar-refractivity contribution in [1.82, 2.24) is 20.1 Å². The van der Waals surface area contributed by atoms with Crippen molar-refractivity contribution in [1.29, 1.82) is 0 Å². The van der Waals surface area contributed by atoms with Crippen molar-refractivity contribution in [2.45, 2.75) is 46.6 Å². The van der Waals surface area contributed by atoms with Gasteiger partial charge in [-0.25, -0.2) is 0 Å². The van der Waals surface area contributed by atoms with Crippen LogP contribution in [0.3, 0.4) is 0 Å². The van der Waals surface area contributed by atoms with Crippen LogP contribution in [0.15, 0.2) is 42.7 Å². The van der Waals surface area contributed by atoms with Gasteiger partial charge in [-0.15, -0.1) is 0 Å². The lowest BCUT2D eigenvalue weighted by atomic mass is 9.94. The molecule has 0 fully saturated rings. The van der Waals surface area contributed by atoms with Crippen LogP contribution in [0.25, 0.3) is 0 Å². The van der Waals surface area contributed by atoms with E-state index in [0.717, 1.165) is 33.6 Å². The number of rotatable bonds is 6. The highest BCUT2D eigenvalue weighted by molar-refractivity contribution is 5.77. The first-order valence-electron chi connectivity index (χ1n) is 9.62. The third kappa shape index (κ3) is 4.30. The van der Waals surface area contributed by atoms with Crippen LogP contribution in [-0.4, -0.2) is 20.7 Å². The van der Waals surface area contributed by atoms with Crippen molar-refractivity contribution >= 4 is 5.91 Å². The van der Waals surface area contributed by atoms with Crippen molar-refractivity contribution in [3.05, 3.63) is 81.9 Å². The molecule has 0 aliphatic carbocycles. The number of benzene rings is 1. The number of hydrogen-bond acceptors (Lipinski definition) is 3. The maximum Gasteiger partial charge on any atom is 0.221 e. The van der Waals surface area contributed by atoms with Crippen LogP contribution in [0, 0.1) is 27.7 Å². The maximum absolute atomic E-state index is 12.8. The Bertz CT molecular complexity index is 976. The largest absolute Gasteiger partial charge is 0.345 e. The quantitative estimate of drug-likeness (QED) is 0.710. The Balaban J connectivity index is 1.81. The summed E-state index contributed by atoms with van der Waals surface area (Å²) in [6.07, 6.45) is 4.68. The first-order chi connectivity index (χ1) is 13.4. The normalized spacial score (nSPS) is 12.0. The third-order valence-electron chi connectivity index (χ3n) is 5.33. The van der Waals surface area contributed by atoms with Crippen molar-refractivity contribution in [3.63, 3.8) is 0 Å². The van der Waals surface area contributed by atoms with Gasteiger partial charge >= 0.3 is 0 Å². The fourth-order valence-electron chi connectivity index (χ4n) is 3.61. The average molecular weight is 377 g/mol. The Morgan fingerprint density at radius 3 is 2.61 bits per heavy atom. The summed E-state index contributed by atoms with van der Waals surface area (Å²) in [5.41, 5.74) is 7.68. The van der Waals surface area contributed by atoms with Gasteiger partial charge in [-0.05, 0) is 62.4 Å². The molecule has 0 aliphatic rings. The first kappa shape index (κ1) is 19.8. The smallest absolute Gasteiger partial charge is 0.221 e. The molecule has 1 unspecified atom stereocenters. The zero-order valence-electron chi connectivity index (χ0n) is 17.3. The van der Waals surface area contributed by atoms with Gasteiger partial charge < -0.3 is 5.32 Å². The van der Waals surface area contributed by atoms with Crippen LogP contribution >= 0.6 is 0 Å². The summed E-state index contributed by atoms with van der Waals surface area (Å²) in [6, 6.07) is 10.0. The van der Waals surface area contributed by atoms with Crippen molar-refractivity contribution in [2.75, 3.05) is 0 Å². The van der Waals surface area contributed by atoms with Crippen LogP contribution in [0.1, 0.15) is 51.7 Å². The summed E-state index contributed by atoms with van der Waals surface area (Å²) < 4.78 is 1.87. The molecule has 0 bridgehead atoms. The summed E-state index contributed by atoms with van der Waals surface area (Å²) in [7, 11) is 1.94. The molecule has 2 aromatic heterocycles. The second-order valence-corrected chi connectivity index (χ2v) is 7.42. The molecule has 146 valence electrons. The molecular weight excluding hydrogens is 348 g/mol. The van der Waals surface area contributed by atoms with Gasteiger partial charge in [0.2, 0.25) is 5.91 Å². The van der Waals surface area contributed by atoms with E-state index in [1.54, 1.807) is 6.20 Å². The predicted octanol–water partition coefficient (Wildman–Crippen LogP) is 3.89. The molecule has 3 aromatic rings. The Hall–Kier alpha value is -2.95. The molecule has 0 aliphatic heterocycles. The van der Waals surface area contributed by atoms with Crippen molar-refractivity contribution in [2.24, 2.45) is 7.05 Å². The molecule has 1 aromatic carbocycles. The summed E-state index contributed by atoms with van der Waals surface area (Å²) in [5.74, 6) is 0.0254. The number of carbonyl (C=O) groups excluding carboxylic acids is 1. The lowest BCUT2D eigenvalue weighted by Gasteiger charge is -2.22. The van der Waals surface area contributed by atoms with E-state index < -0.39 is 0 Å². The molecule has 3 rings (SSSR count). The van der Waals surface area contributed by atoms with Gasteiger partial charge in [0.15, 0.2) is 0 Å². The predicted molar refractivity (Wildman–Crippen MR) is 111 cm³/mol. The van der Waals surface area contributed by atoms with E-state index in [-0.39, 0.29) is 11.9 Å². The topological polar surface area (TPSA) is 59.8 Å². The van der Waals surface area contributed by atoms with Gasteiger partial charge in [-0.1, -0.05) is 29.8 Å². The fourth-order valence-corrected chi connectivity index (χ4v) is 3.61. The number of hydrogen-bond donors (Lipinski definition) is 1. The van der Waals surface area contributed by atoms with Gasteiger partial charge in [0.1, 0.15) is 0 Å². The molecule has 5 heteroatoms. The van der Waals surface area contributed by atoms with Crippen molar-refractivity contribution in [3.8, 4) is 0 Å². The molecule has 1 N–H and O–H groups in total. The summed E-state index contributed by atoms with van der Waals surface area (Å²) >= 11 is 0. The zero-order valence-corrected chi connectivity index (χ0v) is 17.3. The molecule has 1 amide bonds. The molecule has 0 spiro atoms. The summed E-state index contributed by atoms with van der Waals surface area (Å²) in [6.45, 7) is 8.18. The minimum Gasteiger partial charge on any atom is -0.345 e. The Labute approximate surface area is 166 Å². The van der Waals surface area contributed by atoms with Gasteiger partial charge in [0.05, 0.1) is 11.7 Å². The molecule has 2 heterocycles. The SMILES string of the molecule is Cc1ccc(C)c(C(NC(=O)CCc2c(C)nn(C)c2C)c2cccnc2)c1. The fraction of sp³-hybridized carbons (Fsp3) is 0.348. The van der Waals surface area contributed by atoms with E-state index in [9.17, 15) is 4.79 Å². The minimum atomic E-state index is -0.211. The van der Waals surface area contributed by atoms with Gasteiger partial charge in [0.25, 0.3) is 0 Å². The average Bonchev–Trinajstić information content (AvgIpc) is 2.92. The van der Waals surface area contributed by atoms with E-state index in [0.29, 0.717) is 12.8 Å². The van der Waals surface area contributed by atoms with E-state index in [1.165, 1.54) is 5.56 Å². The Morgan fingerprint density at radius 1 is 1.18 bits per heavy atom. The molecular formula is C23H28N4O. The molecule has 0 saturated heterocycles.